The van der Waals surface area contributed by atoms with Crippen LogP contribution in [0.5, 0.6) is 0 Å². The first kappa shape index (κ1) is 14.3. The van der Waals surface area contributed by atoms with Crippen molar-refractivity contribution in [1.82, 2.24) is 15.2 Å². The lowest BCUT2D eigenvalue weighted by atomic mass is 10.2. The molecule has 7 heteroatoms. The van der Waals surface area contributed by atoms with Crippen molar-refractivity contribution in [1.29, 1.82) is 0 Å². The number of rotatable bonds is 6. The Morgan fingerprint density at radius 1 is 1.33 bits per heavy atom. The fourth-order valence-corrected chi connectivity index (χ4v) is 1.48. The standard InChI is InChI=1S/C11H18N4O3/c1-4-7-8(5-2)14-15-11(12-7)13-9(6-16)10(17)18-3/h9,16H,4-6H2,1-3H3,(H,12,13,15). The summed E-state index contributed by atoms with van der Waals surface area (Å²) in [6.07, 6.45) is 1.49. The van der Waals surface area contributed by atoms with Crippen molar-refractivity contribution in [2.75, 3.05) is 19.0 Å². The minimum Gasteiger partial charge on any atom is -0.467 e. The highest BCUT2D eigenvalue weighted by atomic mass is 16.5. The van der Waals surface area contributed by atoms with Crippen molar-refractivity contribution in [3.8, 4) is 0 Å². The molecule has 1 atom stereocenters. The highest BCUT2D eigenvalue weighted by molar-refractivity contribution is 5.78. The van der Waals surface area contributed by atoms with Gasteiger partial charge in [-0.15, -0.1) is 5.10 Å². The van der Waals surface area contributed by atoms with Crippen LogP contribution in [0, 0.1) is 0 Å². The first-order valence-electron chi connectivity index (χ1n) is 5.83. The molecule has 1 heterocycles. The van der Waals surface area contributed by atoms with Gasteiger partial charge in [0.25, 0.3) is 0 Å². The van der Waals surface area contributed by atoms with Gasteiger partial charge in [0.1, 0.15) is 0 Å². The van der Waals surface area contributed by atoms with Crippen LogP contribution in [-0.2, 0) is 22.4 Å². The number of hydrogen-bond acceptors (Lipinski definition) is 7. The molecule has 0 aliphatic heterocycles. The minimum atomic E-state index is -0.881. The Kier molecular flexibility index (Phi) is 5.44. The van der Waals surface area contributed by atoms with Crippen LogP contribution in [-0.4, -0.2) is 46.0 Å². The summed E-state index contributed by atoms with van der Waals surface area (Å²) < 4.78 is 4.54. The number of aliphatic hydroxyl groups is 1. The van der Waals surface area contributed by atoms with Crippen molar-refractivity contribution < 1.29 is 14.6 Å². The van der Waals surface area contributed by atoms with Crippen LogP contribution in [0.2, 0.25) is 0 Å². The van der Waals surface area contributed by atoms with E-state index >= 15 is 0 Å². The zero-order valence-electron chi connectivity index (χ0n) is 10.8. The number of ether oxygens (including phenoxy) is 1. The Morgan fingerprint density at radius 3 is 2.50 bits per heavy atom. The first-order valence-corrected chi connectivity index (χ1v) is 5.83. The third-order valence-electron chi connectivity index (χ3n) is 2.48. The van der Waals surface area contributed by atoms with Gasteiger partial charge < -0.3 is 15.2 Å². The summed E-state index contributed by atoms with van der Waals surface area (Å²) in [5, 5.41) is 19.7. The molecule has 0 amide bonds. The SMILES string of the molecule is CCc1nnc(NC(CO)C(=O)OC)nc1CC. The third-order valence-corrected chi connectivity index (χ3v) is 2.48. The van der Waals surface area contributed by atoms with Crippen LogP contribution in [0.3, 0.4) is 0 Å². The molecule has 18 heavy (non-hydrogen) atoms. The van der Waals surface area contributed by atoms with Crippen molar-refractivity contribution in [2.45, 2.75) is 32.7 Å². The second-order valence-electron chi connectivity index (χ2n) is 3.64. The van der Waals surface area contributed by atoms with E-state index in [0.29, 0.717) is 0 Å². The maximum absolute atomic E-state index is 11.3. The lowest BCUT2D eigenvalue weighted by Gasteiger charge is -2.14. The maximum atomic E-state index is 11.3. The molecule has 1 unspecified atom stereocenters. The summed E-state index contributed by atoms with van der Waals surface area (Å²) in [5.41, 5.74) is 1.67. The molecule has 0 spiro atoms. The van der Waals surface area contributed by atoms with Crippen LogP contribution in [0.25, 0.3) is 0 Å². The van der Waals surface area contributed by atoms with Gasteiger partial charge in [0.15, 0.2) is 6.04 Å². The van der Waals surface area contributed by atoms with E-state index in [2.05, 4.69) is 25.2 Å². The third kappa shape index (κ3) is 3.36. The Balaban J connectivity index is 2.87. The highest BCUT2D eigenvalue weighted by Crippen LogP contribution is 2.08. The van der Waals surface area contributed by atoms with Gasteiger partial charge in [-0.05, 0) is 12.8 Å². The summed E-state index contributed by atoms with van der Waals surface area (Å²) in [6.45, 7) is 3.55. The number of hydrogen-bond donors (Lipinski definition) is 2. The van der Waals surface area contributed by atoms with Gasteiger partial charge in [-0.25, -0.2) is 9.78 Å². The monoisotopic (exact) mass is 254 g/mol. The number of esters is 1. The van der Waals surface area contributed by atoms with Crippen LogP contribution >= 0.6 is 0 Å². The molecule has 0 aromatic carbocycles. The zero-order chi connectivity index (χ0) is 13.5. The van der Waals surface area contributed by atoms with Gasteiger partial charge in [-0.3, -0.25) is 0 Å². The fraction of sp³-hybridized carbons (Fsp3) is 0.636. The largest absolute Gasteiger partial charge is 0.467 e. The second kappa shape index (κ2) is 6.85. The van der Waals surface area contributed by atoms with E-state index in [1.165, 1.54) is 7.11 Å². The highest BCUT2D eigenvalue weighted by Gasteiger charge is 2.19. The molecule has 0 saturated heterocycles. The van der Waals surface area contributed by atoms with E-state index in [-0.39, 0.29) is 5.95 Å². The number of aryl methyl sites for hydroxylation is 2. The van der Waals surface area contributed by atoms with Crippen LogP contribution in [0.1, 0.15) is 25.2 Å². The molecule has 0 aliphatic carbocycles. The predicted octanol–water partition coefficient (Wildman–Crippen LogP) is -0.0578. The van der Waals surface area contributed by atoms with Gasteiger partial charge >= 0.3 is 5.97 Å². The Labute approximate surface area is 106 Å². The summed E-state index contributed by atoms with van der Waals surface area (Å²) in [5.74, 6) is -0.354. The zero-order valence-corrected chi connectivity index (χ0v) is 10.8. The van der Waals surface area contributed by atoms with Crippen LogP contribution in [0.4, 0.5) is 5.95 Å². The minimum absolute atomic E-state index is 0.216. The maximum Gasteiger partial charge on any atom is 0.330 e. The van der Waals surface area contributed by atoms with E-state index in [4.69, 9.17) is 5.11 Å². The molecule has 100 valence electrons. The number of methoxy groups -OCH3 is 1. The van der Waals surface area contributed by atoms with E-state index in [1.807, 2.05) is 13.8 Å². The van der Waals surface area contributed by atoms with Gasteiger partial charge in [0.2, 0.25) is 5.95 Å². The number of anilines is 1. The van der Waals surface area contributed by atoms with Crippen molar-refractivity contribution >= 4 is 11.9 Å². The van der Waals surface area contributed by atoms with E-state index < -0.39 is 18.6 Å². The van der Waals surface area contributed by atoms with Gasteiger partial charge in [-0.2, -0.15) is 5.10 Å². The summed E-state index contributed by atoms with van der Waals surface area (Å²) >= 11 is 0. The van der Waals surface area contributed by atoms with Gasteiger partial charge in [-0.1, -0.05) is 13.8 Å². The Hall–Kier alpha value is -1.76. The van der Waals surface area contributed by atoms with Crippen molar-refractivity contribution in [3.63, 3.8) is 0 Å². The second-order valence-corrected chi connectivity index (χ2v) is 3.64. The van der Waals surface area contributed by atoms with Crippen molar-refractivity contribution in [3.05, 3.63) is 11.4 Å². The van der Waals surface area contributed by atoms with E-state index in [0.717, 1.165) is 24.2 Å². The Bertz CT molecular complexity index is 411. The average molecular weight is 254 g/mol. The van der Waals surface area contributed by atoms with E-state index in [9.17, 15) is 4.79 Å². The summed E-state index contributed by atoms with van der Waals surface area (Å²) in [7, 11) is 1.25. The fourth-order valence-electron chi connectivity index (χ4n) is 1.48. The van der Waals surface area contributed by atoms with Gasteiger partial charge in [0, 0.05) is 0 Å². The number of nitrogens with one attached hydrogen (secondary N) is 1. The molecule has 1 aromatic heterocycles. The summed E-state index contributed by atoms with van der Waals surface area (Å²) in [6, 6.07) is -0.881. The molecule has 7 nitrogen and oxygen atoms in total. The molecular formula is C11H18N4O3. The lowest BCUT2D eigenvalue weighted by Crippen LogP contribution is -2.35. The molecule has 0 saturated carbocycles. The molecule has 0 fully saturated rings. The smallest absolute Gasteiger partial charge is 0.330 e. The molecule has 1 rings (SSSR count). The molecule has 1 aromatic rings. The predicted molar refractivity (Wildman–Crippen MR) is 65.1 cm³/mol. The molecular weight excluding hydrogens is 236 g/mol. The first-order chi connectivity index (χ1) is 8.65. The number of carbonyl (C=O) groups excluding carboxylic acids is 1. The topological polar surface area (TPSA) is 97.2 Å². The normalized spacial score (nSPS) is 12.0. The Morgan fingerprint density at radius 2 is 2.00 bits per heavy atom. The van der Waals surface area contributed by atoms with Crippen LogP contribution < -0.4 is 5.32 Å². The quantitative estimate of drug-likeness (QED) is 0.686. The molecule has 0 radical (unpaired) electrons. The van der Waals surface area contributed by atoms with Crippen molar-refractivity contribution in [2.24, 2.45) is 0 Å². The van der Waals surface area contributed by atoms with Crippen LogP contribution in [0.15, 0.2) is 0 Å². The lowest BCUT2D eigenvalue weighted by molar-refractivity contribution is -0.142. The number of nitrogens with zero attached hydrogens (tertiary/aromatic N) is 3. The molecule has 2 N–H and O–H groups in total. The number of aliphatic hydroxyl groups excluding tert-OH is 1. The number of aromatic nitrogens is 3. The molecule has 0 aliphatic rings. The van der Waals surface area contributed by atoms with Gasteiger partial charge in [0.05, 0.1) is 25.1 Å². The summed E-state index contributed by atoms with van der Waals surface area (Å²) in [4.78, 5) is 15.6. The number of carbonyl (C=O) groups is 1. The van der Waals surface area contributed by atoms with E-state index in [1.54, 1.807) is 0 Å². The average Bonchev–Trinajstić information content (AvgIpc) is 2.43. The molecule has 0 bridgehead atoms.